The zero-order valence-corrected chi connectivity index (χ0v) is 15.2. The Morgan fingerprint density at radius 1 is 0.852 bits per heavy atom. The molecule has 7 rings (SSSR count). The second-order valence-corrected chi connectivity index (χ2v) is 7.80. The summed E-state index contributed by atoms with van der Waals surface area (Å²) in [4.78, 5) is 0. The van der Waals surface area contributed by atoms with Gasteiger partial charge in [-0.3, -0.25) is 0 Å². The van der Waals surface area contributed by atoms with Crippen molar-refractivity contribution in [2.24, 2.45) is 0 Å². The first kappa shape index (κ1) is 13.9. The van der Waals surface area contributed by atoms with Crippen molar-refractivity contribution in [2.75, 3.05) is 0 Å². The molecule has 0 fully saturated rings. The standard InChI is InChI=1S/C24H16BNO/c1-13-14(2)26-19-11-6-9-17-21-16-7-3-4-12-20(16)27-24(21)25(22(17)19)18-10-5-8-15(13)23(18)26/h3-12H,1-2H3. The van der Waals surface area contributed by atoms with Crippen molar-refractivity contribution in [1.82, 2.24) is 4.57 Å². The van der Waals surface area contributed by atoms with Gasteiger partial charge in [-0.25, -0.2) is 0 Å². The highest BCUT2D eigenvalue weighted by Gasteiger charge is 2.44. The van der Waals surface area contributed by atoms with Gasteiger partial charge >= 0.3 is 0 Å². The molecule has 2 aromatic heterocycles. The summed E-state index contributed by atoms with van der Waals surface area (Å²) in [6.45, 7) is 4.66. The van der Waals surface area contributed by atoms with Gasteiger partial charge in [-0.05, 0) is 48.0 Å². The lowest BCUT2D eigenvalue weighted by molar-refractivity contribution is 0.653. The van der Waals surface area contributed by atoms with Crippen molar-refractivity contribution in [2.45, 2.75) is 13.8 Å². The predicted octanol–water partition coefficient (Wildman–Crippen LogP) is 3.80. The van der Waals surface area contributed by atoms with Gasteiger partial charge in [0.05, 0.1) is 5.66 Å². The van der Waals surface area contributed by atoms with Crippen LogP contribution in [0.15, 0.2) is 65.1 Å². The normalized spacial score (nSPS) is 13.5. The minimum atomic E-state index is 0.184. The number of hydrogen-bond acceptors (Lipinski definition) is 1. The van der Waals surface area contributed by atoms with E-state index in [1.54, 1.807) is 0 Å². The van der Waals surface area contributed by atoms with E-state index >= 15 is 0 Å². The lowest BCUT2D eigenvalue weighted by atomic mass is 9.39. The first-order chi connectivity index (χ1) is 13.3. The molecule has 0 spiro atoms. The maximum absolute atomic E-state index is 6.46. The molecule has 3 heteroatoms. The Morgan fingerprint density at radius 3 is 2.59 bits per heavy atom. The number of aryl methyl sites for hydroxylation is 1. The van der Waals surface area contributed by atoms with Crippen molar-refractivity contribution in [1.29, 1.82) is 0 Å². The Hall–Kier alpha value is -3.20. The molecular formula is C24H16BNO. The fraction of sp³-hybridized carbons (Fsp3) is 0.0833. The lowest BCUT2D eigenvalue weighted by Crippen LogP contribution is -2.53. The second-order valence-electron chi connectivity index (χ2n) is 7.80. The Morgan fingerprint density at radius 2 is 1.67 bits per heavy atom. The van der Waals surface area contributed by atoms with Crippen molar-refractivity contribution < 1.29 is 4.42 Å². The van der Waals surface area contributed by atoms with Crippen LogP contribution >= 0.6 is 0 Å². The number of rotatable bonds is 0. The molecule has 2 aliphatic rings. The lowest BCUT2D eigenvalue weighted by Gasteiger charge is -2.24. The SMILES string of the molecule is Cc1c(C)n2c3c(cccc13)B1c3oc4ccccc4c3-c3cccc-2c31. The van der Waals surface area contributed by atoms with Gasteiger partial charge in [-0.2, -0.15) is 0 Å². The molecule has 0 amide bonds. The van der Waals surface area contributed by atoms with Gasteiger partial charge in [0.2, 0.25) is 0 Å². The van der Waals surface area contributed by atoms with Gasteiger partial charge in [0.25, 0.3) is 6.71 Å². The average Bonchev–Trinajstić information content (AvgIpc) is 3.31. The van der Waals surface area contributed by atoms with E-state index in [9.17, 15) is 0 Å². The molecule has 0 atom stereocenters. The van der Waals surface area contributed by atoms with Gasteiger partial charge < -0.3 is 8.98 Å². The highest BCUT2D eigenvalue weighted by molar-refractivity contribution is 7.00. The number of furan rings is 1. The number of hydrogen-bond donors (Lipinski definition) is 0. The summed E-state index contributed by atoms with van der Waals surface area (Å²) in [5.41, 5.74) is 12.8. The summed E-state index contributed by atoms with van der Waals surface area (Å²) in [5, 5.41) is 2.57. The van der Waals surface area contributed by atoms with Crippen LogP contribution in [0.5, 0.6) is 0 Å². The summed E-state index contributed by atoms with van der Waals surface area (Å²) >= 11 is 0. The van der Waals surface area contributed by atoms with Crippen molar-refractivity contribution >= 4 is 45.2 Å². The van der Waals surface area contributed by atoms with Gasteiger partial charge in [-0.1, -0.05) is 48.5 Å². The molecule has 5 aromatic rings. The molecular weight excluding hydrogens is 329 g/mol. The summed E-state index contributed by atoms with van der Waals surface area (Å²) < 4.78 is 8.92. The van der Waals surface area contributed by atoms with Gasteiger partial charge in [-0.15, -0.1) is 0 Å². The monoisotopic (exact) mass is 345 g/mol. The third-order valence-electron chi connectivity index (χ3n) is 6.65. The zero-order valence-electron chi connectivity index (χ0n) is 15.2. The highest BCUT2D eigenvalue weighted by atomic mass is 16.3. The molecule has 2 nitrogen and oxygen atoms in total. The zero-order chi connectivity index (χ0) is 17.9. The van der Waals surface area contributed by atoms with E-state index in [-0.39, 0.29) is 6.71 Å². The minimum Gasteiger partial charge on any atom is -0.470 e. The molecule has 0 saturated carbocycles. The van der Waals surface area contributed by atoms with Gasteiger partial charge in [0, 0.05) is 33.2 Å². The first-order valence-electron chi connectivity index (χ1n) is 9.51. The van der Waals surface area contributed by atoms with Crippen LogP contribution in [0.1, 0.15) is 11.3 Å². The van der Waals surface area contributed by atoms with Gasteiger partial charge in [0.1, 0.15) is 5.58 Å². The fourth-order valence-corrected chi connectivity index (χ4v) is 5.42. The molecule has 3 aromatic carbocycles. The molecule has 0 unspecified atom stereocenters. The number of benzene rings is 3. The number of nitrogens with zero attached hydrogens (tertiary/aromatic N) is 1. The molecule has 0 bridgehead atoms. The van der Waals surface area contributed by atoms with Crippen molar-refractivity contribution in [3.63, 3.8) is 0 Å². The molecule has 0 aliphatic carbocycles. The molecule has 0 saturated heterocycles. The van der Waals surface area contributed by atoms with Crippen molar-refractivity contribution in [3.05, 3.63) is 71.9 Å². The molecule has 126 valence electrons. The van der Waals surface area contributed by atoms with E-state index in [2.05, 4.69) is 79.1 Å². The van der Waals surface area contributed by atoms with Crippen LogP contribution in [0, 0.1) is 13.8 Å². The minimum absolute atomic E-state index is 0.184. The molecule has 2 aliphatic heterocycles. The quantitative estimate of drug-likeness (QED) is 0.382. The first-order valence-corrected chi connectivity index (χ1v) is 9.51. The number of aromatic nitrogens is 1. The Kier molecular flexibility index (Phi) is 2.26. The largest absolute Gasteiger partial charge is 0.470 e. The van der Waals surface area contributed by atoms with Crippen LogP contribution in [0.4, 0.5) is 0 Å². The molecule has 0 radical (unpaired) electrons. The summed E-state index contributed by atoms with van der Waals surface area (Å²) in [5.74, 6) is 0. The maximum Gasteiger partial charge on any atom is 0.293 e. The van der Waals surface area contributed by atoms with E-state index in [4.69, 9.17) is 4.42 Å². The van der Waals surface area contributed by atoms with Crippen LogP contribution in [-0.2, 0) is 0 Å². The third kappa shape index (κ3) is 1.41. The second kappa shape index (κ2) is 4.37. The predicted molar refractivity (Wildman–Crippen MR) is 113 cm³/mol. The van der Waals surface area contributed by atoms with E-state index in [1.807, 2.05) is 0 Å². The van der Waals surface area contributed by atoms with Crippen LogP contribution in [0.25, 0.3) is 38.7 Å². The van der Waals surface area contributed by atoms with Crippen LogP contribution in [0.3, 0.4) is 0 Å². The van der Waals surface area contributed by atoms with E-state index in [0.29, 0.717) is 0 Å². The smallest absolute Gasteiger partial charge is 0.293 e. The third-order valence-corrected chi connectivity index (χ3v) is 6.65. The molecule has 0 N–H and O–H groups in total. The van der Waals surface area contributed by atoms with Crippen LogP contribution < -0.4 is 16.6 Å². The van der Waals surface area contributed by atoms with Gasteiger partial charge in [0.15, 0.2) is 0 Å². The highest BCUT2D eigenvalue weighted by Crippen LogP contribution is 2.38. The number of fused-ring (bicyclic) bond motifs is 7. The number of para-hydroxylation sites is 2. The van der Waals surface area contributed by atoms with Crippen molar-refractivity contribution in [3.8, 4) is 16.8 Å². The Balaban J connectivity index is 1.74. The average molecular weight is 345 g/mol. The van der Waals surface area contributed by atoms with E-state index in [1.165, 1.54) is 55.3 Å². The fourth-order valence-electron chi connectivity index (χ4n) is 5.42. The Labute approximate surface area is 157 Å². The summed E-state index contributed by atoms with van der Waals surface area (Å²) in [6.07, 6.45) is 0. The molecule has 4 heterocycles. The summed E-state index contributed by atoms with van der Waals surface area (Å²) in [7, 11) is 0. The summed E-state index contributed by atoms with van der Waals surface area (Å²) in [6, 6.07) is 21.9. The Bertz CT molecular complexity index is 1450. The van der Waals surface area contributed by atoms with E-state index < -0.39 is 0 Å². The van der Waals surface area contributed by atoms with E-state index in [0.717, 1.165) is 11.2 Å². The van der Waals surface area contributed by atoms with Crippen LogP contribution in [-0.4, -0.2) is 11.3 Å². The molecule has 27 heavy (non-hydrogen) atoms. The van der Waals surface area contributed by atoms with Crippen LogP contribution in [0.2, 0.25) is 0 Å². The maximum atomic E-state index is 6.46. The topological polar surface area (TPSA) is 18.1 Å².